The summed E-state index contributed by atoms with van der Waals surface area (Å²) in [4.78, 5) is 1.13. The maximum atomic E-state index is 10.7. The summed E-state index contributed by atoms with van der Waals surface area (Å²) in [5.74, 6) is 1.57. The van der Waals surface area contributed by atoms with Gasteiger partial charge in [-0.2, -0.15) is 5.10 Å². The van der Waals surface area contributed by atoms with E-state index >= 15 is 0 Å². The fourth-order valence-electron chi connectivity index (χ4n) is 2.42. The number of aryl methyl sites for hydroxylation is 1. The molecule has 1 aromatic heterocycles. The number of hydrogen-bond acceptors (Lipinski definition) is 4. The Morgan fingerprint density at radius 3 is 3.14 bits per heavy atom. The number of aromatic nitrogens is 2. The molecule has 0 radical (unpaired) electrons. The molecule has 2 unspecified atom stereocenters. The second kappa shape index (κ2) is 6.42. The van der Waals surface area contributed by atoms with E-state index in [1.807, 2.05) is 28.9 Å². The van der Waals surface area contributed by atoms with Crippen LogP contribution in [0.2, 0.25) is 0 Å². The molecule has 1 aromatic carbocycles. The zero-order chi connectivity index (χ0) is 14.8. The van der Waals surface area contributed by atoms with Crippen molar-refractivity contribution in [2.45, 2.75) is 37.0 Å². The maximum Gasteiger partial charge on any atom is 0.140 e. The van der Waals surface area contributed by atoms with Crippen molar-refractivity contribution in [1.82, 2.24) is 9.78 Å². The molecule has 4 nitrogen and oxygen atoms in total. The van der Waals surface area contributed by atoms with Crippen LogP contribution in [0.1, 0.15) is 25.1 Å². The summed E-state index contributed by atoms with van der Waals surface area (Å²) < 4.78 is 8.65. The standard InChI is InChI=1S/C15H17BrN2O2S/c1-2-7-18-14(10(16)8-17-18)15(19)12-9-21-13-6-4-3-5-11(13)20-12/h3-6,8,12,15,19H,2,7,9H2,1H3. The lowest BCUT2D eigenvalue weighted by molar-refractivity contribution is 0.0391. The molecule has 0 bridgehead atoms. The Hall–Kier alpha value is -0.980. The van der Waals surface area contributed by atoms with Crippen LogP contribution in [0, 0.1) is 0 Å². The third kappa shape index (κ3) is 2.98. The zero-order valence-corrected chi connectivity index (χ0v) is 14.1. The first-order valence-corrected chi connectivity index (χ1v) is 8.76. The van der Waals surface area contributed by atoms with Crippen LogP contribution < -0.4 is 4.74 Å². The summed E-state index contributed by atoms with van der Waals surface area (Å²) in [7, 11) is 0. The van der Waals surface area contributed by atoms with Crippen molar-refractivity contribution >= 4 is 27.7 Å². The first kappa shape index (κ1) is 14.9. The Bertz CT molecular complexity index is 632. The van der Waals surface area contributed by atoms with Crippen molar-refractivity contribution in [2.24, 2.45) is 0 Å². The minimum Gasteiger partial charge on any atom is -0.485 e. The summed E-state index contributed by atoms with van der Waals surface area (Å²) in [6.45, 7) is 2.88. The molecule has 0 saturated carbocycles. The molecule has 1 aliphatic rings. The molecule has 2 aromatic rings. The fraction of sp³-hybridized carbons (Fsp3) is 0.400. The molecular formula is C15H17BrN2O2S. The predicted molar refractivity (Wildman–Crippen MR) is 86.8 cm³/mol. The third-order valence-corrected chi connectivity index (χ3v) is 5.19. The summed E-state index contributed by atoms with van der Waals surface area (Å²) in [6, 6.07) is 7.93. The molecule has 2 atom stereocenters. The summed E-state index contributed by atoms with van der Waals surface area (Å²) in [5.41, 5.74) is 0.793. The van der Waals surface area contributed by atoms with E-state index in [4.69, 9.17) is 4.74 Å². The maximum absolute atomic E-state index is 10.7. The monoisotopic (exact) mass is 368 g/mol. The Kier molecular flexibility index (Phi) is 4.57. The number of benzene rings is 1. The number of aliphatic hydroxyl groups excluding tert-OH is 1. The van der Waals surface area contributed by atoms with Crippen molar-refractivity contribution in [3.63, 3.8) is 0 Å². The summed E-state index contributed by atoms with van der Waals surface area (Å²) in [5, 5.41) is 15.0. The molecule has 0 amide bonds. The Labute approximate surface area is 136 Å². The number of rotatable bonds is 4. The number of aliphatic hydroxyl groups is 1. The van der Waals surface area contributed by atoms with Gasteiger partial charge in [0, 0.05) is 17.2 Å². The molecule has 112 valence electrons. The highest BCUT2D eigenvalue weighted by atomic mass is 79.9. The molecule has 0 spiro atoms. The fourth-order valence-corrected chi connectivity index (χ4v) is 3.98. The van der Waals surface area contributed by atoms with Gasteiger partial charge >= 0.3 is 0 Å². The van der Waals surface area contributed by atoms with Crippen LogP contribution >= 0.6 is 27.7 Å². The molecule has 0 fully saturated rings. The van der Waals surface area contributed by atoms with Crippen molar-refractivity contribution in [1.29, 1.82) is 0 Å². The largest absolute Gasteiger partial charge is 0.485 e. The van der Waals surface area contributed by atoms with Crippen molar-refractivity contribution in [2.75, 3.05) is 5.75 Å². The van der Waals surface area contributed by atoms with E-state index in [1.165, 1.54) is 0 Å². The number of halogens is 1. The highest BCUT2D eigenvalue weighted by Gasteiger charge is 2.31. The number of nitrogens with zero attached hydrogens (tertiary/aromatic N) is 2. The van der Waals surface area contributed by atoms with Crippen LogP contribution in [-0.2, 0) is 6.54 Å². The molecule has 6 heteroatoms. The third-order valence-electron chi connectivity index (χ3n) is 3.43. The number of thioether (sulfide) groups is 1. The van der Waals surface area contributed by atoms with E-state index in [0.717, 1.165) is 39.5 Å². The van der Waals surface area contributed by atoms with E-state index in [-0.39, 0.29) is 6.10 Å². The molecular weight excluding hydrogens is 352 g/mol. The lowest BCUT2D eigenvalue weighted by atomic mass is 10.1. The van der Waals surface area contributed by atoms with Gasteiger partial charge in [-0.15, -0.1) is 11.8 Å². The van der Waals surface area contributed by atoms with Crippen molar-refractivity contribution in [3.05, 3.63) is 40.6 Å². The van der Waals surface area contributed by atoms with Crippen LogP contribution in [-0.4, -0.2) is 26.7 Å². The second-order valence-electron chi connectivity index (χ2n) is 4.96. The van der Waals surface area contributed by atoms with Gasteiger partial charge in [0.2, 0.25) is 0 Å². The average molecular weight is 369 g/mol. The van der Waals surface area contributed by atoms with E-state index in [2.05, 4.69) is 28.0 Å². The van der Waals surface area contributed by atoms with E-state index in [0.29, 0.717) is 0 Å². The first-order chi connectivity index (χ1) is 10.2. The Morgan fingerprint density at radius 1 is 1.52 bits per heavy atom. The quantitative estimate of drug-likeness (QED) is 0.894. The van der Waals surface area contributed by atoms with Crippen LogP contribution in [0.4, 0.5) is 0 Å². The minimum absolute atomic E-state index is 0.270. The molecule has 3 rings (SSSR count). The highest BCUT2D eigenvalue weighted by Crippen LogP contribution is 2.39. The van der Waals surface area contributed by atoms with E-state index in [9.17, 15) is 5.11 Å². The lowest BCUT2D eigenvalue weighted by Gasteiger charge is -2.29. The molecule has 21 heavy (non-hydrogen) atoms. The Balaban J connectivity index is 1.84. The zero-order valence-electron chi connectivity index (χ0n) is 11.7. The van der Waals surface area contributed by atoms with Gasteiger partial charge in [-0.3, -0.25) is 4.68 Å². The van der Waals surface area contributed by atoms with Gasteiger partial charge in [-0.05, 0) is 34.5 Å². The second-order valence-corrected chi connectivity index (χ2v) is 6.88. The predicted octanol–water partition coefficient (Wildman–Crippen LogP) is 3.64. The lowest BCUT2D eigenvalue weighted by Crippen LogP contribution is -2.32. The number of fused-ring (bicyclic) bond motifs is 1. The topological polar surface area (TPSA) is 47.3 Å². The smallest absolute Gasteiger partial charge is 0.140 e. The normalized spacial score (nSPS) is 18.9. The van der Waals surface area contributed by atoms with Crippen LogP contribution in [0.15, 0.2) is 39.8 Å². The van der Waals surface area contributed by atoms with Gasteiger partial charge in [0.15, 0.2) is 0 Å². The van der Waals surface area contributed by atoms with E-state index in [1.54, 1.807) is 18.0 Å². The molecule has 0 saturated heterocycles. The van der Waals surface area contributed by atoms with Crippen molar-refractivity contribution < 1.29 is 9.84 Å². The molecule has 0 aliphatic carbocycles. The molecule has 1 N–H and O–H groups in total. The molecule has 2 heterocycles. The average Bonchev–Trinajstić information content (AvgIpc) is 2.87. The van der Waals surface area contributed by atoms with Gasteiger partial charge in [-0.25, -0.2) is 0 Å². The van der Waals surface area contributed by atoms with Crippen LogP contribution in [0.5, 0.6) is 5.75 Å². The highest BCUT2D eigenvalue weighted by molar-refractivity contribution is 9.10. The van der Waals surface area contributed by atoms with Crippen LogP contribution in [0.3, 0.4) is 0 Å². The number of hydrogen-bond donors (Lipinski definition) is 1. The van der Waals surface area contributed by atoms with Gasteiger partial charge in [0.1, 0.15) is 18.0 Å². The van der Waals surface area contributed by atoms with Gasteiger partial charge in [0.05, 0.1) is 16.4 Å². The van der Waals surface area contributed by atoms with Gasteiger partial charge < -0.3 is 9.84 Å². The minimum atomic E-state index is -0.700. The number of para-hydroxylation sites is 1. The summed E-state index contributed by atoms with van der Waals surface area (Å²) >= 11 is 5.20. The van der Waals surface area contributed by atoms with Crippen LogP contribution in [0.25, 0.3) is 0 Å². The summed E-state index contributed by atoms with van der Waals surface area (Å²) in [6.07, 6.45) is 1.73. The van der Waals surface area contributed by atoms with Crippen molar-refractivity contribution in [3.8, 4) is 5.75 Å². The van der Waals surface area contributed by atoms with Gasteiger partial charge in [0.25, 0.3) is 0 Å². The van der Waals surface area contributed by atoms with E-state index < -0.39 is 6.10 Å². The van der Waals surface area contributed by atoms with Gasteiger partial charge in [-0.1, -0.05) is 19.1 Å². The SMILES string of the molecule is CCCn1ncc(Br)c1C(O)C1CSc2ccccc2O1. The molecule has 1 aliphatic heterocycles. The first-order valence-electron chi connectivity index (χ1n) is 6.98. The number of ether oxygens (including phenoxy) is 1. The Morgan fingerprint density at radius 2 is 2.33 bits per heavy atom.